The zero-order valence-electron chi connectivity index (χ0n) is 24.7. The van der Waals surface area contributed by atoms with E-state index in [-0.39, 0.29) is 17.4 Å². The van der Waals surface area contributed by atoms with Crippen LogP contribution in [0.25, 0.3) is 10.9 Å². The number of fused-ring (bicyclic) bond motifs is 1. The van der Waals surface area contributed by atoms with Crippen molar-refractivity contribution in [1.29, 1.82) is 0 Å². The number of hydrogen-bond acceptors (Lipinski definition) is 8. The summed E-state index contributed by atoms with van der Waals surface area (Å²) in [4.78, 5) is 35.3. The van der Waals surface area contributed by atoms with Crippen LogP contribution in [-0.4, -0.2) is 58.6 Å². The Bertz CT molecular complexity index is 1520. The second kappa shape index (κ2) is 14.3. The van der Waals surface area contributed by atoms with Gasteiger partial charge in [-0.15, -0.1) is 0 Å². The third-order valence-corrected chi connectivity index (χ3v) is 8.85. The highest BCUT2D eigenvalue weighted by molar-refractivity contribution is 6.31. The molecule has 1 aliphatic heterocycles. The summed E-state index contributed by atoms with van der Waals surface area (Å²) in [5.41, 5.74) is 3.70. The van der Waals surface area contributed by atoms with Crippen LogP contribution in [0.4, 0.5) is 21.6 Å². The summed E-state index contributed by atoms with van der Waals surface area (Å²) in [5, 5.41) is 15.3. The lowest BCUT2D eigenvalue weighted by Crippen LogP contribution is -2.47. The predicted molar refractivity (Wildman–Crippen MR) is 168 cm³/mol. The Kier molecular flexibility index (Phi) is 10.3. The molecular formula is C32H38ClFN6O4. The fraction of sp³-hybridized carbons (Fsp3) is 0.438. The molecule has 1 aliphatic carbocycles. The number of carbonyl (C=O) groups is 2. The van der Waals surface area contributed by atoms with E-state index in [1.54, 1.807) is 29.8 Å². The van der Waals surface area contributed by atoms with Gasteiger partial charge in [0.1, 0.15) is 23.7 Å². The van der Waals surface area contributed by atoms with Crippen LogP contribution in [0, 0.1) is 17.2 Å². The van der Waals surface area contributed by atoms with Gasteiger partial charge >= 0.3 is 0 Å². The first-order valence-electron chi connectivity index (χ1n) is 15.0. The normalized spacial score (nSPS) is 16.6. The quantitative estimate of drug-likeness (QED) is 0.0808. The number of amides is 2. The number of halogens is 2. The van der Waals surface area contributed by atoms with Gasteiger partial charge in [0, 0.05) is 23.6 Å². The van der Waals surface area contributed by atoms with Crippen molar-refractivity contribution < 1.29 is 23.9 Å². The average molecular weight is 625 g/mol. The number of nitrogens with zero attached hydrogens (tertiary/aromatic N) is 3. The average Bonchev–Trinajstić information content (AvgIpc) is 2.99. The molecule has 0 atom stereocenters. The number of ether oxygens (including phenoxy) is 1. The molecule has 2 heterocycles. The van der Waals surface area contributed by atoms with Crippen LogP contribution in [0.2, 0.25) is 5.02 Å². The van der Waals surface area contributed by atoms with Gasteiger partial charge in [0.05, 0.1) is 22.8 Å². The number of likely N-dealkylation sites (tertiary alicyclic amines) is 1. The lowest BCUT2D eigenvalue weighted by Gasteiger charge is -2.51. The van der Waals surface area contributed by atoms with Gasteiger partial charge in [0.2, 0.25) is 11.8 Å². The van der Waals surface area contributed by atoms with E-state index in [0.717, 1.165) is 25.9 Å². The number of hydrogen-bond donors (Lipinski definition) is 4. The number of carbonyl (C=O) groups excluding carboxylic acids is 2. The van der Waals surface area contributed by atoms with Crippen LogP contribution < -0.4 is 20.9 Å². The van der Waals surface area contributed by atoms with Crippen molar-refractivity contribution in [2.24, 2.45) is 11.3 Å². The molecule has 0 bridgehead atoms. The standard InChI is InChI=1S/C32H38ClFN6O4/c1-40-12-10-32(11-13-40)17-21(18-32)19-44-28-16-26-23(31(36-20-35-26)37-22-8-9-25(34)24(33)14-22)15-27(28)38-29(41)6-4-2-3-5-7-30(42)39-43/h4,6,8-9,14-16,20-21,43H,2-3,5,7,10-13,17-19H2,1H3,(H,38,41)(H,39,42)(H,35,36,37)/b6-4+. The minimum atomic E-state index is -0.520. The fourth-order valence-electron chi connectivity index (χ4n) is 6.07. The van der Waals surface area contributed by atoms with Gasteiger partial charge in [-0.05, 0) is 107 Å². The van der Waals surface area contributed by atoms with Crippen LogP contribution in [-0.2, 0) is 9.59 Å². The lowest BCUT2D eigenvalue weighted by molar-refractivity contribution is -0.129. The van der Waals surface area contributed by atoms with Crippen LogP contribution in [0.1, 0.15) is 51.4 Å². The molecule has 0 radical (unpaired) electrons. The molecule has 4 N–H and O–H groups in total. The Morgan fingerprint density at radius 3 is 2.73 bits per heavy atom. The number of aromatic nitrogens is 2. The molecule has 1 saturated carbocycles. The fourth-order valence-corrected chi connectivity index (χ4v) is 6.25. The maximum absolute atomic E-state index is 13.7. The number of hydroxylamine groups is 1. The maximum atomic E-state index is 13.7. The Morgan fingerprint density at radius 1 is 1.18 bits per heavy atom. The van der Waals surface area contributed by atoms with Gasteiger partial charge in [0.15, 0.2) is 0 Å². The summed E-state index contributed by atoms with van der Waals surface area (Å²) in [6, 6.07) is 7.88. The molecule has 10 nitrogen and oxygen atoms in total. The first-order chi connectivity index (χ1) is 21.2. The van der Waals surface area contributed by atoms with Gasteiger partial charge in [-0.3, -0.25) is 14.8 Å². The Balaban J connectivity index is 1.31. The highest BCUT2D eigenvalue weighted by atomic mass is 35.5. The molecule has 12 heteroatoms. The molecule has 0 unspecified atom stereocenters. The zero-order valence-corrected chi connectivity index (χ0v) is 25.5. The monoisotopic (exact) mass is 624 g/mol. The van der Waals surface area contributed by atoms with Crippen molar-refractivity contribution in [2.45, 2.75) is 51.4 Å². The number of anilines is 3. The molecule has 2 aromatic carbocycles. The molecule has 2 aliphatic rings. The van der Waals surface area contributed by atoms with E-state index in [1.807, 2.05) is 0 Å². The van der Waals surface area contributed by atoms with Crippen molar-refractivity contribution in [3.8, 4) is 5.75 Å². The van der Waals surface area contributed by atoms with Gasteiger partial charge in [-0.2, -0.15) is 0 Å². The Labute approximate surface area is 261 Å². The highest BCUT2D eigenvalue weighted by Gasteiger charge is 2.45. The summed E-state index contributed by atoms with van der Waals surface area (Å²) in [6.45, 7) is 2.83. The van der Waals surface area contributed by atoms with Crippen LogP contribution >= 0.6 is 11.6 Å². The van der Waals surface area contributed by atoms with Gasteiger partial charge in [-0.1, -0.05) is 17.7 Å². The van der Waals surface area contributed by atoms with E-state index in [0.29, 0.717) is 71.0 Å². The molecular weight excluding hydrogens is 587 g/mol. The molecule has 1 saturated heterocycles. The molecule has 2 amide bonds. The molecule has 1 aromatic heterocycles. The molecule has 1 spiro atoms. The van der Waals surface area contributed by atoms with Gasteiger partial charge in [-0.25, -0.2) is 19.8 Å². The Hall–Kier alpha value is -3.80. The van der Waals surface area contributed by atoms with Crippen LogP contribution in [0.5, 0.6) is 5.75 Å². The SMILES string of the molecule is CN1CCC2(CC1)CC(COc1cc3ncnc(Nc4ccc(F)c(Cl)c4)c3cc1NC(=O)/C=C/CCCCC(=O)NO)C2. The minimum absolute atomic E-state index is 0.0153. The minimum Gasteiger partial charge on any atom is -0.491 e. The predicted octanol–water partition coefficient (Wildman–Crippen LogP) is 6.23. The number of benzene rings is 2. The number of piperidine rings is 1. The first kappa shape index (κ1) is 31.6. The third kappa shape index (κ3) is 8.02. The highest BCUT2D eigenvalue weighted by Crippen LogP contribution is 2.52. The zero-order chi connectivity index (χ0) is 31.1. The van der Waals surface area contributed by atoms with E-state index < -0.39 is 11.7 Å². The van der Waals surface area contributed by atoms with E-state index in [2.05, 4.69) is 32.5 Å². The van der Waals surface area contributed by atoms with Crippen molar-refractivity contribution >= 4 is 51.5 Å². The van der Waals surface area contributed by atoms with E-state index >= 15 is 0 Å². The second-order valence-electron chi connectivity index (χ2n) is 11.9. The van der Waals surface area contributed by atoms with E-state index in [4.69, 9.17) is 21.5 Å². The Morgan fingerprint density at radius 2 is 1.98 bits per heavy atom. The van der Waals surface area contributed by atoms with E-state index in [1.165, 1.54) is 37.4 Å². The number of allylic oxidation sites excluding steroid dienone is 1. The lowest BCUT2D eigenvalue weighted by atomic mass is 9.58. The molecule has 2 fully saturated rings. The largest absolute Gasteiger partial charge is 0.491 e. The van der Waals surface area contributed by atoms with Crippen molar-refractivity contribution in [3.63, 3.8) is 0 Å². The van der Waals surface area contributed by atoms with Crippen LogP contribution in [0.15, 0.2) is 48.8 Å². The summed E-state index contributed by atoms with van der Waals surface area (Å²) < 4.78 is 20.0. The topological polar surface area (TPSA) is 129 Å². The summed E-state index contributed by atoms with van der Waals surface area (Å²) in [7, 11) is 2.18. The molecule has 3 aromatic rings. The summed E-state index contributed by atoms with van der Waals surface area (Å²) >= 11 is 5.97. The van der Waals surface area contributed by atoms with Gasteiger partial charge < -0.3 is 20.3 Å². The maximum Gasteiger partial charge on any atom is 0.248 e. The van der Waals surface area contributed by atoms with Gasteiger partial charge in [0.25, 0.3) is 0 Å². The second-order valence-corrected chi connectivity index (χ2v) is 12.3. The smallest absolute Gasteiger partial charge is 0.248 e. The van der Waals surface area contributed by atoms with Crippen molar-refractivity contribution in [2.75, 3.05) is 37.4 Å². The molecule has 234 valence electrons. The van der Waals surface area contributed by atoms with Crippen molar-refractivity contribution in [1.82, 2.24) is 20.3 Å². The molecule has 44 heavy (non-hydrogen) atoms. The summed E-state index contributed by atoms with van der Waals surface area (Å²) in [5.74, 6) is 0.162. The van der Waals surface area contributed by atoms with E-state index in [9.17, 15) is 14.0 Å². The molecule has 5 rings (SSSR count). The third-order valence-electron chi connectivity index (χ3n) is 8.56. The first-order valence-corrected chi connectivity index (χ1v) is 15.3. The number of unbranched alkanes of at least 4 members (excludes halogenated alkanes) is 2. The summed E-state index contributed by atoms with van der Waals surface area (Å²) in [6.07, 6.45) is 11.5. The number of nitrogens with one attached hydrogen (secondary N) is 3. The van der Waals surface area contributed by atoms with Crippen molar-refractivity contribution in [3.05, 3.63) is 59.7 Å². The number of rotatable bonds is 12. The van der Waals surface area contributed by atoms with Crippen LogP contribution in [0.3, 0.4) is 0 Å².